The fourth-order valence-electron chi connectivity index (χ4n) is 4.00. The van der Waals surface area contributed by atoms with Gasteiger partial charge in [-0.05, 0) is 37.1 Å². The van der Waals surface area contributed by atoms with Crippen LogP contribution >= 0.6 is 15.9 Å². The number of nitrogens with zero attached hydrogens (tertiary/aromatic N) is 3. The predicted molar refractivity (Wildman–Crippen MR) is 111 cm³/mol. The second-order valence-electron chi connectivity index (χ2n) is 7.66. The van der Waals surface area contributed by atoms with Crippen molar-refractivity contribution < 1.29 is 14.0 Å². The Labute approximate surface area is 173 Å². The monoisotopic (exact) mass is 447 g/mol. The molecule has 2 fully saturated rings. The summed E-state index contributed by atoms with van der Waals surface area (Å²) in [7, 11) is 0. The summed E-state index contributed by atoms with van der Waals surface area (Å²) in [6.45, 7) is 4.91. The lowest BCUT2D eigenvalue weighted by atomic mass is 10.2. The molecule has 2 saturated heterocycles. The number of halogens is 1. The Kier molecular flexibility index (Phi) is 6.01. The van der Waals surface area contributed by atoms with Crippen LogP contribution in [0.25, 0.3) is 11.0 Å². The van der Waals surface area contributed by atoms with Crippen LogP contribution in [0, 0.1) is 0 Å². The van der Waals surface area contributed by atoms with Crippen LogP contribution in [0.4, 0.5) is 0 Å². The Hall–Kier alpha value is -1.86. The maximum atomic E-state index is 12.8. The van der Waals surface area contributed by atoms with E-state index in [1.54, 1.807) is 6.07 Å². The van der Waals surface area contributed by atoms with Crippen LogP contribution in [0.3, 0.4) is 0 Å². The summed E-state index contributed by atoms with van der Waals surface area (Å²) < 4.78 is 6.69. The van der Waals surface area contributed by atoms with Crippen LogP contribution in [0.2, 0.25) is 0 Å². The van der Waals surface area contributed by atoms with Crippen LogP contribution in [0.15, 0.2) is 33.2 Å². The summed E-state index contributed by atoms with van der Waals surface area (Å²) in [6, 6.07) is 7.52. The van der Waals surface area contributed by atoms with Crippen molar-refractivity contribution in [2.24, 2.45) is 0 Å². The molecule has 0 spiro atoms. The number of likely N-dealkylation sites (tertiary alicyclic amines) is 1. The Morgan fingerprint density at radius 3 is 2.32 bits per heavy atom. The van der Waals surface area contributed by atoms with E-state index < -0.39 is 0 Å². The van der Waals surface area contributed by atoms with Gasteiger partial charge in [-0.1, -0.05) is 28.8 Å². The third kappa shape index (κ3) is 4.41. The van der Waals surface area contributed by atoms with Gasteiger partial charge >= 0.3 is 0 Å². The standard InChI is InChI=1S/C21H26BrN3O3/c22-17-5-6-18-16(13-17)14-19(28-18)21(27)25-11-9-23(10-12-25)15-20(26)24-7-3-1-2-4-8-24/h5-6,13-14H,1-4,7-12,15H2. The van der Waals surface area contributed by atoms with E-state index in [2.05, 4.69) is 20.8 Å². The van der Waals surface area contributed by atoms with Gasteiger partial charge in [-0.3, -0.25) is 14.5 Å². The van der Waals surface area contributed by atoms with Gasteiger partial charge in [0.05, 0.1) is 6.54 Å². The molecular weight excluding hydrogens is 422 g/mol. The lowest BCUT2D eigenvalue weighted by Crippen LogP contribution is -2.51. The van der Waals surface area contributed by atoms with Gasteiger partial charge in [0.25, 0.3) is 5.91 Å². The molecule has 0 N–H and O–H groups in total. The highest BCUT2D eigenvalue weighted by molar-refractivity contribution is 9.10. The summed E-state index contributed by atoms with van der Waals surface area (Å²) in [5.74, 6) is 0.526. The molecule has 28 heavy (non-hydrogen) atoms. The number of carbonyl (C=O) groups excluding carboxylic acids is 2. The molecule has 6 nitrogen and oxygen atoms in total. The molecule has 0 radical (unpaired) electrons. The topological polar surface area (TPSA) is 57.0 Å². The molecule has 0 saturated carbocycles. The first-order chi connectivity index (χ1) is 13.6. The normalized spacial score (nSPS) is 19.0. The number of amides is 2. The highest BCUT2D eigenvalue weighted by Crippen LogP contribution is 2.24. The number of fused-ring (bicyclic) bond motifs is 1. The van der Waals surface area contributed by atoms with Gasteiger partial charge in [-0.15, -0.1) is 0 Å². The second-order valence-corrected chi connectivity index (χ2v) is 8.57. The molecular formula is C21H26BrN3O3. The molecule has 1 aromatic heterocycles. The van der Waals surface area contributed by atoms with Crippen molar-refractivity contribution in [2.45, 2.75) is 25.7 Å². The molecule has 2 amide bonds. The van der Waals surface area contributed by atoms with Crippen molar-refractivity contribution in [2.75, 3.05) is 45.8 Å². The first-order valence-electron chi connectivity index (χ1n) is 10.1. The zero-order chi connectivity index (χ0) is 19.5. The smallest absolute Gasteiger partial charge is 0.289 e. The maximum absolute atomic E-state index is 12.8. The van der Waals surface area contributed by atoms with E-state index in [0.717, 1.165) is 48.9 Å². The average molecular weight is 448 g/mol. The third-order valence-electron chi connectivity index (χ3n) is 5.67. The molecule has 0 unspecified atom stereocenters. The Bertz CT molecular complexity index is 850. The van der Waals surface area contributed by atoms with E-state index in [0.29, 0.717) is 31.0 Å². The van der Waals surface area contributed by atoms with E-state index in [1.165, 1.54) is 12.8 Å². The van der Waals surface area contributed by atoms with Gasteiger partial charge < -0.3 is 14.2 Å². The van der Waals surface area contributed by atoms with Gasteiger partial charge in [0.1, 0.15) is 5.58 Å². The Morgan fingerprint density at radius 2 is 1.61 bits per heavy atom. The summed E-state index contributed by atoms with van der Waals surface area (Å²) in [5.41, 5.74) is 0.716. The van der Waals surface area contributed by atoms with Crippen LogP contribution in [-0.4, -0.2) is 72.3 Å². The third-order valence-corrected chi connectivity index (χ3v) is 6.16. The SMILES string of the molecule is O=C(CN1CCN(C(=O)c2cc3cc(Br)ccc3o2)CC1)N1CCCCCC1. The summed E-state index contributed by atoms with van der Waals surface area (Å²) in [5, 5.41) is 0.916. The quantitative estimate of drug-likeness (QED) is 0.723. The molecule has 2 aromatic rings. The maximum Gasteiger partial charge on any atom is 0.289 e. The van der Waals surface area contributed by atoms with Gasteiger partial charge in [0.2, 0.25) is 5.91 Å². The highest BCUT2D eigenvalue weighted by atomic mass is 79.9. The van der Waals surface area contributed by atoms with E-state index in [1.807, 2.05) is 28.0 Å². The van der Waals surface area contributed by atoms with Gasteiger partial charge in [-0.2, -0.15) is 0 Å². The molecule has 0 aliphatic carbocycles. The highest BCUT2D eigenvalue weighted by Gasteiger charge is 2.26. The Balaban J connectivity index is 1.31. The van der Waals surface area contributed by atoms with Crippen molar-refractivity contribution in [1.29, 1.82) is 0 Å². The number of hydrogen-bond acceptors (Lipinski definition) is 4. The largest absolute Gasteiger partial charge is 0.451 e. The van der Waals surface area contributed by atoms with Crippen molar-refractivity contribution in [3.05, 3.63) is 34.5 Å². The van der Waals surface area contributed by atoms with Gasteiger partial charge in [-0.25, -0.2) is 0 Å². The molecule has 7 heteroatoms. The number of rotatable bonds is 3. The summed E-state index contributed by atoms with van der Waals surface area (Å²) >= 11 is 3.44. The van der Waals surface area contributed by atoms with Crippen molar-refractivity contribution in [1.82, 2.24) is 14.7 Å². The van der Waals surface area contributed by atoms with Gasteiger partial charge in [0, 0.05) is 49.1 Å². The zero-order valence-corrected chi connectivity index (χ0v) is 17.6. The van der Waals surface area contributed by atoms with E-state index in [4.69, 9.17) is 4.42 Å². The second kappa shape index (κ2) is 8.66. The number of carbonyl (C=O) groups is 2. The number of piperazine rings is 1. The van der Waals surface area contributed by atoms with Crippen LogP contribution in [0.1, 0.15) is 36.2 Å². The van der Waals surface area contributed by atoms with Crippen LogP contribution in [0.5, 0.6) is 0 Å². The fraction of sp³-hybridized carbons (Fsp3) is 0.524. The Morgan fingerprint density at radius 1 is 0.893 bits per heavy atom. The minimum absolute atomic E-state index is 0.0779. The summed E-state index contributed by atoms with van der Waals surface area (Å²) in [6.07, 6.45) is 4.68. The van der Waals surface area contributed by atoms with Crippen LogP contribution < -0.4 is 0 Å². The molecule has 3 heterocycles. The van der Waals surface area contributed by atoms with E-state index >= 15 is 0 Å². The zero-order valence-electron chi connectivity index (χ0n) is 16.0. The van der Waals surface area contributed by atoms with Crippen molar-refractivity contribution in [3.8, 4) is 0 Å². The molecule has 0 atom stereocenters. The molecule has 4 rings (SSSR count). The molecule has 2 aliphatic rings. The van der Waals surface area contributed by atoms with E-state index in [-0.39, 0.29) is 11.8 Å². The van der Waals surface area contributed by atoms with Gasteiger partial charge in [0.15, 0.2) is 5.76 Å². The first kappa shape index (κ1) is 19.5. The van der Waals surface area contributed by atoms with E-state index in [9.17, 15) is 9.59 Å². The molecule has 2 aliphatic heterocycles. The number of furan rings is 1. The molecule has 1 aromatic carbocycles. The van der Waals surface area contributed by atoms with Crippen molar-refractivity contribution >= 4 is 38.7 Å². The minimum atomic E-state index is -0.0779. The minimum Gasteiger partial charge on any atom is -0.451 e. The number of benzene rings is 1. The molecule has 150 valence electrons. The summed E-state index contributed by atoms with van der Waals surface area (Å²) in [4.78, 5) is 31.4. The fourth-order valence-corrected chi connectivity index (χ4v) is 4.37. The number of hydrogen-bond donors (Lipinski definition) is 0. The first-order valence-corrected chi connectivity index (χ1v) is 10.9. The van der Waals surface area contributed by atoms with Crippen molar-refractivity contribution in [3.63, 3.8) is 0 Å². The lowest BCUT2D eigenvalue weighted by Gasteiger charge is -2.35. The average Bonchev–Trinajstić information content (AvgIpc) is 2.92. The molecule has 0 bridgehead atoms. The predicted octanol–water partition coefficient (Wildman–Crippen LogP) is 3.36. The van der Waals surface area contributed by atoms with Crippen LogP contribution in [-0.2, 0) is 4.79 Å². The lowest BCUT2D eigenvalue weighted by molar-refractivity contribution is -0.132.